The predicted molar refractivity (Wildman–Crippen MR) is 88.1 cm³/mol. The van der Waals surface area contributed by atoms with Gasteiger partial charge in [-0.2, -0.15) is 4.98 Å². The Morgan fingerprint density at radius 1 is 1.20 bits per heavy atom. The summed E-state index contributed by atoms with van der Waals surface area (Å²) in [5.74, 6) is 2.50. The van der Waals surface area contributed by atoms with Crippen molar-refractivity contribution in [2.24, 2.45) is 0 Å². The minimum Gasteiger partial charge on any atom is -0.458 e. The molecular weight excluding hydrogens is 324 g/mol. The molecule has 0 bridgehead atoms. The molecule has 8 heteroatoms. The molecule has 0 unspecified atom stereocenters. The van der Waals surface area contributed by atoms with Gasteiger partial charge in [-0.15, -0.1) is 0 Å². The molecule has 0 radical (unpaired) electrons. The van der Waals surface area contributed by atoms with Crippen LogP contribution in [0, 0.1) is 6.92 Å². The van der Waals surface area contributed by atoms with Crippen LogP contribution in [0.25, 0.3) is 11.6 Å². The van der Waals surface area contributed by atoms with Gasteiger partial charge in [0.2, 0.25) is 11.7 Å². The fourth-order valence-corrected chi connectivity index (χ4v) is 3.36. The lowest BCUT2D eigenvalue weighted by Crippen LogP contribution is -2.50. The van der Waals surface area contributed by atoms with E-state index in [4.69, 9.17) is 13.7 Å². The molecule has 2 aliphatic heterocycles. The van der Waals surface area contributed by atoms with Gasteiger partial charge in [0, 0.05) is 26.2 Å². The number of aryl methyl sites for hydroxylation is 1. The van der Waals surface area contributed by atoms with E-state index in [1.807, 2.05) is 28.9 Å². The zero-order valence-corrected chi connectivity index (χ0v) is 14.3. The molecule has 0 N–H and O–H groups in total. The monoisotopic (exact) mass is 346 g/mol. The van der Waals surface area contributed by atoms with E-state index in [0.29, 0.717) is 50.3 Å². The van der Waals surface area contributed by atoms with Gasteiger partial charge in [-0.1, -0.05) is 5.16 Å². The molecule has 2 aromatic rings. The van der Waals surface area contributed by atoms with E-state index in [0.717, 1.165) is 25.1 Å². The summed E-state index contributed by atoms with van der Waals surface area (Å²) < 4.78 is 16.3. The number of morpholine rings is 1. The largest absolute Gasteiger partial charge is 0.458 e. The van der Waals surface area contributed by atoms with E-state index in [9.17, 15) is 4.79 Å². The molecule has 0 aliphatic carbocycles. The van der Waals surface area contributed by atoms with Gasteiger partial charge in [-0.05, 0) is 31.9 Å². The lowest BCUT2D eigenvalue weighted by atomic mass is 9.98. The SMILES string of the molecule is Cc1ccc(-c2noc([C@@H]3CCCN(C(=O)N4CCOCC4)C3)n2)o1. The lowest BCUT2D eigenvalue weighted by Gasteiger charge is -2.36. The van der Waals surface area contributed by atoms with Crippen LogP contribution in [0.5, 0.6) is 0 Å². The number of furan rings is 1. The molecule has 2 fully saturated rings. The number of piperidine rings is 1. The Labute approximate surface area is 145 Å². The second kappa shape index (κ2) is 6.87. The molecule has 8 nitrogen and oxygen atoms in total. The number of amides is 2. The summed E-state index contributed by atoms with van der Waals surface area (Å²) in [5.41, 5.74) is 0. The standard InChI is InChI=1S/C17H22N4O4/c1-12-4-5-14(24-12)15-18-16(25-19-15)13-3-2-6-21(11-13)17(22)20-7-9-23-10-8-20/h4-5,13H,2-3,6-11H2,1H3/t13-/m1/s1. The number of carbonyl (C=O) groups excluding carboxylic acids is 1. The smallest absolute Gasteiger partial charge is 0.320 e. The van der Waals surface area contributed by atoms with Crippen molar-refractivity contribution in [1.29, 1.82) is 0 Å². The van der Waals surface area contributed by atoms with E-state index in [1.54, 1.807) is 0 Å². The van der Waals surface area contributed by atoms with Crippen molar-refractivity contribution < 1.29 is 18.5 Å². The number of hydrogen-bond donors (Lipinski definition) is 0. The fourth-order valence-electron chi connectivity index (χ4n) is 3.36. The van der Waals surface area contributed by atoms with Crippen molar-refractivity contribution in [3.05, 3.63) is 23.8 Å². The van der Waals surface area contributed by atoms with Gasteiger partial charge in [0.05, 0.1) is 19.1 Å². The molecule has 0 spiro atoms. The number of nitrogens with zero attached hydrogens (tertiary/aromatic N) is 4. The number of urea groups is 1. The van der Waals surface area contributed by atoms with Crippen LogP contribution in [-0.2, 0) is 4.74 Å². The van der Waals surface area contributed by atoms with Gasteiger partial charge in [0.1, 0.15) is 5.76 Å². The van der Waals surface area contributed by atoms with Gasteiger partial charge < -0.3 is 23.5 Å². The van der Waals surface area contributed by atoms with Gasteiger partial charge in [0.25, 0.3) is 0 Å². The molecular formula is C17H22N4O4. The third kappa shape index (κ3) is 3.39. The molecule has 2 aromatic heterocycles. The van der Waals surface area contributed by atoms with Gasteiger partial charge in [-0.3, -0.25) is 0 Å². The summed E-state index contributed by atoms with van der Waals surface area (Å²) in [5, 5.41) is 4.02. The van der Waals surface area contributed by atoms with Gasteiger partial charge in [0.15, 0.2) is 5.76 Å². The van der Waals surface area contributed by atoms with Gasteiger partial charge >= 0.3 is 6.03 Å². The summed E-state index contributed by atoms with van der Waals surface area (Å²) in [6, 6.07) is 3.78. The molecule has 4 rings (SSSR count). The maximum atomic E-state index is 12.7. The minimum atomic E-state index is 0.0658. The molecule has 25 heavy (non-hydrogen) atoms. The summed E-state index contributed by atoms with van der Waals surface area (Å²) in [4.78, 5) is 20.9. The molecule has 2 saturated heterocycles. The highest BCUT2D eigenvalue weighted by molar-refractivity contribution is 5.74. The van der Waals surface area contributed by atoms with Crippen LogP contribution in [0.4, 0.5) is 4.79 Å². The van der Waals surface area contributed by atoms with Crippen LogP contribution >= 0.6 is 0 Å². The van der Waals surface area contributed by atoms with Crippen LogP contribution in [0.3, 0.4) is 0 Å². The first-order valence-electron chi connectivity index (χ1n) is 8.73. The predicted octanol–water partition coefficient (Wildman–Crippen LogP) is 2.27. The van der Waals surface area contributed by atoms with E-state index in [-0.39, 0.29) is 11.9 Å². The number of ether oxygens (including phenoxy) is 1. The van der Waals surface area contributed by atoms with Crippen molar-refractivity contribution in [3.63, 3.8) is 0 Å². The number of hydrogen-bond acceptors (Lipinski definition) is 6. The van der Waals surface area contributed by atoms with Crippen LogP contribution < -0.4 is 0 Å². The second-order valence-electron chi connectivity index (χ2n) is 6.53. The molecule has 1 atom stereocenters. The Kier molecular flexibility index (Phi) is 4.44. The van der Waals surface area contributed by atoms with Crippen molar-refractivity contribution >= 4 is 6.03 Å². The molecule has 4 heterocycles. The summed E-state index contributed by atoms with van der Waals surface area (Å²) >= 11 is 0. The van der Waals surface area contributed by atoms with Gasteiger partial charge in [-0.25, -0.2) is 4.79 Å². The Bertz CT molecular complexity index is 735. The zero-order chi connectivity index (χ0) is 17.2. The highest BCUT2D eigenvalue weighted by atomic mass is 16.5. The van der Waals surface area contributed by atoms with E-state index in [2.05, 4.69) is 10.1 Å². The van der Waals surface area contributed by atoms with Crippen LogP contribution in [0.2, 0.25) is 0 Å². The third-order valence-electron chi connectivity index (χ3n) is 4.73. The number of likely N-dealkylation sites (tertiary alicyclic amines) is 1. The first-order chi connectivity index (χ1) is 12.2. The number of rotatable bonds is 2. The van der Waals surface area contributed by atoms with E-state index >= 15 is 0 Å². The first-order valence-corrected chi connectivity index (χ1v) is 8.73. The Hall–Kier alpha value is -2.35. The maximum absolute atomic E-state index is 12.7. The Balaban J connectivity index is 1.44. The average Bonchev–Trinajstić information content (AvgIpc) is 3.31. The molecule has 2 aliphatic rings. The first kappa shape index (κ1) is 16.1. The molecule has 0 saturated carbocycles. The molecule has 134 valence electrons. The van der Waals surface area contributed by atoms with E-state index in [1.165, 1.54) is 0 Å². The lowest BCUT2D eigenvalue weighted by molar-refractivity contribution is 0.0403. The number of carbonyl (C=O) groups is 1. The van der Waals surface area contributed by atoms with Crippen molar-refractivity contribution in [1.82, 2.24) is 19.9 Å². The second-order valence-corrected chi connectivity index (χ2v) is 6.53. The summed E-state index contributed by atoms with van der Waals surface area (Å²) in [6.07, 6.45) is 1.87. The normalized spacial score (nSPS) is 21.6. The summed E-state index contributed by atoms with van der Waals surface area (Å²) in [6.45, 7) is 5.78. The highest BCUT2D eigenvalue weighted by Crippen LogP contribution is 2.28. The van der Waals surface area contributed by atoms with Crippen LogP contribution in [0.1, 0.15) is 30.4 Å². The Morgan fingerprint density at radius 3 is 2.80 bits per heavy atom. The average molecular weight is 346 g/mol. The summed E-state index contributed by atoms with van der Waals surface area (Å²) in [7, 11) is 0. The third-order valence-corrected chi connectivity index (χ3v) is 4.73. The van der Waals surface area contributed by atoms with Crippen molar-refractivity contribution in [3.8, 4) is 11.6 Å². The van der Waals surface area contributed by atoms with Crippen LogP contribution in [-0.4, -0.2) is 65.4 Å². The Morgan fingerprint density at radius 2 is 2.04 bits per heavy atom. The quantitative estimate of drug-likeness (QED) is 0.829. The number of aromatic nitrogens is 2. The molecule has 2 amide bonds. The van der Waals surface area contributed by atoms with Crippen LogP contribution in [0.15, 0.2) is 21.1 Å². The maximum Gasteiger partial charge on any atom is 0.320 e. The molecule has 0 aromatic carbocycles. The van der Waals surface area contributed by atoms with Crippen molar-refractivity contribution in [2.75, 3.05) is 39.4 Å². The highest BCUT2D eigenvalue weighted by Gasteiger charge is 2.31. The fraction of sp³-hybridized carbons (Fsp3) is 0.588. The minimum absolute atomic E-state index is 0.0658. The topological polar surface area (TPSA) is 84.8 Å². The van der Waals surface area contributed by atoms with E-state index < -0.39 is 0 Å². The van der Waals surface area contributed by atoms with Crippen molar-refractivity contribution in [2.45, 2.75) is 25.7 Å². The zero-order valence-electron chi connectivity index (χ0n) is 14.3.